The largest absolute Gasteiger partial charge is 0.490 e. The van der Waals surface area contributed by atoms with Crippen molar-refractivity contribution in [3.8, 4) is 11.5 Å². The van der Waals surface area contributed by atoms with Crippen LogP contribution in [-0.2, 0) is 16.1 Å². The molecule has 0 radical (unpaired) electrons. The van der Waals surface area contributed by atoms with Gasteiger partial charge in [0.1, 0.15) is 5.82 Å². The molecule has 3 aromatic rings. The van der Waals surface area contributed by atoms with E-state index in [-0.39, 0.29) is 34.6 Å². The van der Waals surface area contributed by atoms with Crippen molar-refractivity contribution in [3.05, 3.63) is 91.0 Å². The lowest BCUT2D eigenvalue weighted by Crippen LogP contribution is -2.28. The van der Waals surface area contributed by atoms with E-state index >= 15 is 0 Å². The predicted molar refractivity (Wildman–Crippen MR) is 158 cm³/mol. The van der Waals surface area contributed by atoms with Gasteiger partial charge in [0.15, 0.2) is 18.1 Å². The number of carbonyl (C=O) groups excluding carboxylic acids is 3. The molecule has 1 aliphatic heterocycles. The Hall–Kier alpha value is -3.34. The number of benzene rings is 3. The molecule has 0 unspecified atom stereocenters. The third-order valence-electron chi connectivity index (χ3n) is 5.88. The van der Waals surface area contributed by atoms with Crippen LogP contribution in [-0.4, -0.2) is 35.2 Å². The highest BCUT2D eigenvalue weighted by Crippen LogP contribution is 2.40. The highest BCUT2D eigenvalue weighted by atomic mass is 79.9. The summed E-state index contributed by atoms with van der Waals surface area (Å²) >= 11 is 10.3. The molecule has 40 heavy (non-hydrogen) atoms. The van der Waals surface area contributed by atoms with E-state index in [2.05, 4.69) is 21.2 Å². The van der Waals surface area contributed by atoms with Crippen molar-refractivity contribution in [1.82, 2.24) is 4.90 Å². The molecule has 0 bridgehead atoms. The van der Waals surface area contributed by atoms with Crippen molar-refractivity contribution in [3.63, 3.8) is 0 Å². The Balaban J connectivity index is 1.51. The van der Waals surface area contributed by atoms with E-state index in [4.69, 9.17) is 21.1 Å². The van der Waals surface area contributed by atoms with Crippen LogP contribution in [0.3, 0.4) is 0 Å². The summed E-state index contributed by atoms with van der Waals surface area (Å²) in [4.78, 5) is 39.3. The maximum atomic E-state index is 14.2. The number of carbonyl (C=O) groups is 3. The standard InChI is InChI=1S/C29H25BrClFN2O5S/c1-4-38-24-12-18(11-20(30)27(24)39-15-26(35)33-23-9-8-16(2)10-17(23)3)13-25-28(36)34(29(37)40-25)14-19-21(31)6-5-7-22(19)32/h5-13H,4,14-15H2,1-3H3,(H,33,35)/b25-13-. The number of hydrogen-bond donors (Lipinski definition) is 1. The normalized spacial score (nSPS) is 14.2. The SMILES string of the molecule is CCOc1cc(/C=C2\SC(=O)N(Cc3c(F)cccc3Cl)C2=O)cc(Br)c1OCC(=O)Nc1ccc(C)cc1C. The van der Waals surface area contributed by atoms with Gasteiger partial charge in [0.05, 0.1) is 22.5 Å². The number of ether oxygens (including phenoxy) is 2. The highest BCUT2D eigenvalue weighted by Gasteiger charge is 2.36. The summed E-state index contributed by atoms with van der Waals surface area (Å²) in [5.74, 6) is -0.836. The molecule has 3 aromatic carbocycles. The monoisotopic (exact) mass is 646 g/mol. The van der Waals surface area contributed by atoms with Gasteiger partial charge in [-0.15, -0.1) is 0 Å². The maximum Gasteiger partial charge on any atom is 0.293 e. The van der Waals surface area contributed by atoms with Crippen LogP contribution in [0.15, 0.2) is 57.9 Å². The van der Waals surface area contributed by atoms with Crippen molar-refractivity contribution in [2.75, 3.05) is 18.5 Å². The lowest BCUT2D eigenvalue weighted by molar-refractivity contribution is -0.123. The molecular weight excluding hydrogens is 623 g/mol. The van der Waals surface area contributed by atoms with Gasteiger partial charge in [0, 0.05) is 16.3 Å². The predicted octanol–water partition coefficient (Wildman–Crippen LogP) is 7.51. The maximum absolute atomic E-state index is 14.2. The van der Waals surface area contributed by atoms with Gasteiger partial charge < -0.3 is 14.8 Å². The smallest absolute Gasteiger partial charge is 0.293 e. The van der Waals surface area contributed by atoms with E-state index in [1.807, 2.05) is 32.0 Å². The van der Waals surface area contributed by atoms with Crippen LogP contribution in [0.1, 0.15) is 29.2 Å². The van der Waals surface area contributed by atoms with E-state index < -0.39 is 17.0 Å². The van der Waals surface area contributed by atoms with E-state index in [1.54, 1.807) is 19.1 Å². The minimum absolute atomic E-state index is 0.0668. The fourth-order valence-electron chi connectivity index (χ4n) is 3.98. The molecule has 3 amide bonds. The molecular formula is C29H25BrClFN2O5S. The second-order valence-electron chi connectivity index (χ2n) is 8.89. The van der Waals surface area contributed by atoms with Crippen LogP contribution in [0.4, 0.5) is 14.9 Å². The average molecular weight is 648 g/mol. The Morgan fingerprint density at radius 1 is 1.15 bits per heavy atom. The van der Waals surface area contributed by atoms with Gasteiger partial charge >= 0.3 is 0 Å². The zero-order valence-electron chi connectivity index (χ0n) is 21.8. The highest BCUT2D eigenvalue weighted by molar-refractivity contribution is 9.10. The average Bonchev–Trinajstić information content (AvgIpc) is 3.14. The summed E-state index contributed by atoms with van der Waals surface area (Å²) in [5.41, 5.74) is 3.35. The van der Waals surface area contributed by atoms with Gasteiger partial charge in [-0.2, -0.15) is 0 Å². The van der Waals surface area contributed by atoms with Gasteiger partial charge in [-0.1, -0.05) is 35.4 Å². The lowest BCUT2D eigenvalue weighted by atomic mass is 10.1. The number of thioether (sulfide) groups is 1. The van der Waals surface area contributed by atoms with Gasteiger partial charge in [-0.05, 0) is 96.0 Å². The van der Waals surface area contributed by atoms with Crippen LogP contribution in [0.5, 0.6) is 11.5 Å². The van der Waals surface area contributed by atoms with Crippen molar-refractivity contribution >= 4 is 68.1 Å². The van der Waals surface area contributed by atoms with Crippen molar-refractivity contribution < 1.29 is 28.2 Å². The summed E-state index contributed by atoms with van der Waals surface area (Å²) in [5, 5.41) is 2.44. The van der Waals surface area contributed by atoms with Gasteiger partial charge in [0.2, 0.25) is 0 Å². The third kappa shape index (κ3) is 6.86. The molecule has 1 heterocycles. The number of aryl methyl sites for hydroxylation is 2. The quantitative estimate of drug-likeness (QED) is 0.242. The first-order valence-electron chi connectivity index (χ1n) is 12.2. The summed E-state index contributed by atoms with van der Waals surface area (Å²) in [6, 6.07) is 13.2. The van der Waals surface area contributed by atoms with Gasteiger partial charge in [0.25, 0.3) is 17.1 Å². The number of nitrogens with zero attached hydrogens (tertiary/aromatic N) is 1. The van der Waals surface area contributed by atoms with Crippen molar-refractivity contribution in [1.29, 1.82) is 0 Å². The minimum Gasteiger partial charge on any atom is -0.490 e. The molecule has 0 saturated carbocycles. The molecule has 1 aliphatic rings. The van der Waals surface area contributed by atoms with Gasteiger partial charge in [-0.3, -0.25) is 19.3 Å². The summed E-state index contributed by atoms with van der Waals surface area (Å²) in [6.07, 6.45) is 1.54. The Labute approximate surface area is 248 Å². The Kier molecular flexibility index (Phi) is 9.55. The Morgan fingerprint density at radius 2 is 1.93 bits per heavy atom. The number of hydrogen-bond acceptors (Lipinski definition) is 6. The lowest BCUT2D eigenvalue weighted by Gasteiger charge is -2.15. The second-order valence-corrected chi connectivity index (χ2v) is 11.1. The zero-order valence-corrected chi connectivity index (χ0v) is 25.0. The number of nitrogens with one attached hydrogen (secondary N) is 1. The van der Waals surface area contributed by atoms with Gasteiger partial charge in [-0.25, -0.2) is 4.39 Å². The molecule has 11 heteroatoms. The zero-order chi connectivity index (χ0) is 29.0. The Morgan fingerprint density at radius 3 is 2.62 bits per heavy atom. The molecule has 0 spiro atoms. The first-order valence-corrected chi connectivity index (χ1v) is 14.2. The molecule has 4 rings (SSSR count). The summed E-state index contributed by atoms with van der Waals surface area (Å²) in [6.45, 7) is 5.47. The molecule has 1 N–H and O–H groups in total. The third-order valence-corrected chi connectivity index (χ3v) is 7.74. The molecule has 1 saturated heterocycles. The first-order chi connectivity index (χ1) is 19.1. The van der Waals surface area contributed by atoms with E-state index in [0.29, 0.717) is 33.8 Å². The topological polar surface area (TPSA) is 84.9 Å². The molecule has 208 valence electrons. The molecule has 0 aromatic heterocycles. The van der Waals surface area contributed by atoms with Crippen LogP contribution >= 0.6 is 39.3 Å². The summed E-state index contributed by atoms with van der Waals surface area (Å²) in [7, 11) is 0. The molecule has 0 atom stereocenters. The van der Waals surface area contributed by atoms with E-state index in [0.717, 1.165) is 27.8 Å². The summed E-state index contributed by atoms with van der Waals surface area (Å²) < 4.78 is 26.3. The van der Waals surface area contributed by atoms with Crippen molar-refractivity contribution in [2.24, 2.45) is 0 Å². The number of halogens is 3. The van der Waals surface area contributed by atoms with Crippen LogP contribution in [0.2, 0.25) is 5.02 Å². The van der Waals surface area contributed by atoms with E-state index in [1.165, 1.54) is 24.3 Å². The fourth-order valence-corrected chi connectivity index (χ4v) is 5.62. The van der Waals surface area contributed by atoms with Crippen molar-refractivity contribution in [2.45, 2.75) is 27.3 Å². The molecule has 1 fully saturated rings. The van der Waals surface area contributed by atoms with Crippen LogP contribution < -0.4 is 14.8 Å². The Bertz CT molecular complexity index is 1510. The fraction of sp³-hybridized carbons (Fsp3) is 0.207. The van der Waals surface area contributed by atoms with Crippen LogP contribution in [0, 0.1) is 19.7 Å². The minimum atomic E-state index is -0.598. The number of imide groups is 1. The molecule has 7 nitrogen and oxygen atoms in total. The number of amides is 3. The first kappa shape index (κ1) is 29.6. The molecule has 0 aliphatic carbocycles. The second kappa shape index (κ2) is 12.9. The van der Waals surface area contributed by atoms with Crippen LogP contribution in [0.25, 0.3) is 6.08 Å². The number of anilines is 1. The number of rotatable bonds is 9. The van der Waals surface area contributed by atoms with E-state index in [9.17, 15) is 18.8 Å².